The number of phenols is 1. The van der Waals surface area contributed by atoms with Crippen LogP contribution in [0.3, 0.4) is 0 Å². The van der Waals surface area contributed by atoms with Crippen LogP contribution in [0, 0.1) is 6.92 Å². The van der Waals surface area contributed by atoms with Gasteiger partial charge in [-0.2, -0.15) is 0 Å². The first kappa shape index (κ1) is 11.2. The molecule has 2 aromatic rings. The lowest BCUT2D eigenvalue weighted by molar-refractivity contribution is 0.0729. The summed E-state index contributed by atoms with van der Waals surface area (Å²) in [6, 6.07) is 13.5. The van der Waals surface area contributed by atoms with E-state index in [-0.39, 0.29) is 11.5 Å². The fourth-order valence-electron chi connectivity index (χ4n) is 1.50. The quantitative estimate of drug-likeness (QED) is 0.635. The molecule has 0 atom stereocenters. The summed E-state index contributed by atoms with van der Waals surface area (Å²) in [4.78, 5) is 11.9. The maximum atomic E-state index is 11.9. The summed E-state index contributed by atoms with van der Waals surface area (Å²) < 4.78 is 5.12. The molecule has 0 aromatic heterocycles. The van der Waals surface area contributed by atoms with E-state index >= 15 is 0 Å². The number of para-hydroxylation sites is 2. The summed E-state index contributed by atoms with van der Waals surface area (Å²) in [5.74, 6) is -0.347. The van der Waals surface area contributed by atoms with Crippen molar-refractivity contribution >= 4 is 5.97 Å². The van der Waals surface area contributed by atoms with Crippen LogP contribution in [-0.2, 0) is 0 Å². The van der Waals surface area contributed by atoms with E-state index in [0.717, 1.165) is 5.56 Å². The number of carbonyl (C=O) groups is 1. The van der Waals surface area contributed by atoms with Crippen molar-refractivity contribution in [1.82, 2.24) is 0 Å². The maximum Gasteiger partial charge on any atom is 0.343 e. The van der Waals surface area contributed by atoms with Gasteiger partial charge in [-0.3, -0.25) is 0 Å². The van der Waals surface area contributed by atoms with Crippen LogP contribution in [-0.4, -0.2) is 11.1 Å². The van der Waals surface area contributed by atoms with Gasteiger partial charge in [-0.05, 0) is 30.7 Å². The minimum atomic E-state index is -0.468. The zero-order valence-electron chi connectivity index (χ0n) is 9.38. The van der Waals surface area contributed by atoms with Crippen molar-refractivity contribution in [3.63, 3.8) is 0 Å². The van der Waals surface area contributed by atoms with E-state index in [4.69, 9.17) is 4.74 Å². The van der Waals surface area contributed by atoms with Crippen molar-refractivity contribution in [3.8, 4) is 11.5 Å². The molecule has 2 rings (SSSR count). The number of esters is 1. The lowest BCUT2D eigenvalue weighted by Gasteiger charge is -2.07. The van der Waals surface area contributed by atoms with Gasteiger partial charge in [0, 0.05) is 0 Å². The standard InChI is InChI=1S/C14H12O3/c1-10-6-2-3-7-11(10)14(16)17-13-9-5-4-8-12(13)15/h2-9,15H,1H3. The Morgan fingerprint density at radius 2 is 1.71 bits per heavy atom. The molecule has 0 bridgehead atoms. The van der Waals surface area contributed by atoms with Gasteiger partial charge in [0.2, 0.25) is 0 Å². The van der Waals surface area contributed by atoms with Crippen LogP contribution in [0.15, 0.2) is 48.5 Å². The Kier molecular flexibility index (Phi) is 3.10. The number of hydrogen-bond donors (Lipinski definition) is 1. The fourth-order valence-corrected chi connectivity index (χ4v) is 1.50. The number of aromatic hydroxyl groups is 1. The first-order chi connectivity index (χ1) is 8.18. The molecule has 0 aliphatic rings. The number of aryl methyl sites for hydroxylation is 1. The summed E-state index contributed by atoms with van der Waals surface area (Å²) in [6.07, 6.45) is 0. The lowest BCUT2D eigenvalue weighted by atomic mass is 10.1. The molecular formula is C14H12O3. The Morgan fingerprint density at radius 3 is 2.41 bits per heavy atom. The summed E-state index contributed by atoms with van der Waals surface area (Å²) >= 11 is 0. The summed E-state index contributed by atoms with van der Waals surface area (Å²) in [5, 5.41) is 9.50. The van der Waals surface area contributed by atoms with E-state index in [2.05, 4.69) is 0 Å². The average Bonchev–Trinajstić information content (AvgIpc) is 2.32. The highest BCUT2D eigenvalue weighted by Gasteiger charge is 2.12. The minimum absolute atomic E-state index is 0.0468. The first-order valence-corrected chi connectivity index (χ1v) is 5.24. The van der Waals surface area contributed by atoms with Gasteiger partial charge in [-0.15, -0.1) is 0 Å². The average molecular weight is 228 g/mol. The third-order valence-corrected chi connectivity index (χ3v) is 2.43. The topological polar surface area (TPSA) is 46.5 Å². The maximum absolute atomic E-state index is 11.9. The smallest absolute Gasteiger partial charge is 0.343 e. The molecule has 0 saturated heterocycles. The van der Waals surface area contributed by atoms with Gasteiger partial charge in [0.05, 0.1) is 5.56 Å². The zero-order chi connectivity index (χ0) is 12.3. The molecule has 0 aliphatic heterocycles. The summed E-state index contributed by atoms with van der Waals surface area (Å²) in [7, 11) is 0. The van der Waals surface area contributed by atoms with Crippen LogP contribution < -0.4 is 4.74 Å². The van der Waals surface area contributed by atoms with Gasteiger partial charge in [-0.25, -0.2) is 4.79 Å². The molecule has 3 heteroatoms. The first-order valence-electron chi connectivity index (χ1n) is 5.24. The molecule has 0 saturated carbocycles. The number of hydrogen-bond acceptors (Lipinski definition) is 3. The highest BCUT2D eigenvalue weighted by atomic mass is 16.5. The number of ether oxygens (including phenoxy) is 1. The second kappa shape index (κ2) is 4.70. The molecule has 0 heterocycles. The Bertz CT molecular complexity index is 547. The Labute approximate surface area is 99.3 Å². The number of benzene rings is 2. The number of rotatable bonds is 2. The van der Waals surface area contributed by atoms with Crippen LogP contribution in [0.5, 0.6) is 11.5 Å². The third kappa shape index (κ3) is 2.45. The van der Waals surface area contributed by atoms with Crippen molar-refractivity contribution in [3.05, 3.63) is 59.7 Å². The van der Waals surface area contributed by atoms with Gasteiger partial charge in [0.15, 0.2) is 11.5 Å². The molecule has 0 fully saturated rings. The molecule has 0 unspecified atom stereocenters. The van der Waals surface area contributed by atoms with Crippen LogP contribution >= 0.6 is 0 Å². The molecule has 0 amide bonds. The monoisotopic (exact) mass is 228 g/mol. The fraction of sp³-hybridized carbons (Fsp3) is 0.0714. The van der Waals surface area contributed by atoms with Crippen molar-refractivity contribution < 1.29 is 14.6 Å². The predicted molar refractivity (Wildman–Crippen MR) is 64.2 cm³/mol. The van der Waals surface area contributed by atoms with Crippen molar-refractivity contribution in [2.45, 2.75) is 6.92 Å². The summed E-state index contributed by atoms with van der Waals surface area (Å²) in [6.45, 7) is 1.83. The van der Waals surface area contributed by atoms with E-state index in [1.807, 2.05) is 19.1 Å². The molecule has 2 aromatic carbocycles. The number of phenolic OH excluding ortho intramolecular Hbond substituents is 1. The molecule has 3 nitrogen and oxygen atoms in total. The second-order valence-corrected chi connectivity index (χ2v) is 3.67. The van der Waals surface area contributed by atoms with Crippen LogP contribution in [0.1, 0.15) is 15.9 Å². The van der Waals surface area contributed by atoms with Crippen LogP contribution in [0.2, 0.25) is 0 Å². The Hall–Kier alpha value is -2.29. The van der Waals surface area contributed by atoms with Gasteiger partial charge in [0.25, 0.3) is 0 Å². The van der Waals surface area contributed by atoms with Gasteiger partial charge in [0.1, 0.15) is 0 Å². The zero-order valence-corrected chi connectivity index (χ0v) is 9.38. The van der Waals surface area contributed by atoms with Crippen molar-refractivity contribution in [2.75, 3.05) is 0 Å². The second-order valence-electron chi connectivity index (χ2n) is 3.67. The van der Waals surface area contributed by atoms with Gasteiger partial charge in [-0.1, -0.05) is 30.3 Å². The normalized spacial score (nSPS) is 9.94. The third-order valence-electron chi connectivity index (χ3n) is 2.43. The van der Waals surface area contributed by atoms with E-state index in [1.165, 1.54) is 6.07 Å². The van der Waals surface area contributed by atoms with E-state index in [0.29, 0.717) is 5.56 Å². The summed E-state index contributed by atoms with van der Waals surface area (Å²) in [5.41, 5.74) is 1.34. The minimum Gasteiger partial charge on any atom is -0.504 e. The molecule has 86 valence electrons. The Morgan fingerprint density at radius 1 is 1.06 bits per heavy atom. The highest BCUT2D eigenvalue weighted by Crippen LogP contribution is 2.25. The van der Waals surface area contributed by atoms with Crippen LogP contribution in [0.25, 0.3) is 0 Å². The van der Waals surface area contributed by atoms with Crippen molar-refractivity contribution in [1.29, 1.82) is 0 Å². The van der Waals surface area contributed by atoms with Crippen LogP contribution in [0.4, 0.5) is 0 Å². The van der Waals surface area contributed by atoms with Gasteiger partial charge >= 0.3 is 5.97 Å². The molecule has 17 heavy (non-hydrogen) atoms. The van der Waals surface area contributed by atoms with E-state index in [9.17, 15) is 9.90 Å². The molecule has 1 N–H and O–H groups in total. The van der Waals surface area contributed by atoms with E-state index in [1.54, 1.807) is 30.3 Å². The van der Waals surface area contributed by atoms with Gasteiger partial charge < -0.3 is 9.84 Å². The molecule has 0 aliphatic carbocycles. The SMILES string of the molecule is Cc1ccccc1C(=O)Oc1ccccc1O. The highest BCUT2D eigenvalue weighted by molar-refractivity contribution is 5.92. The molecule has 0 spiro atoms. The van der Waals surface area contributed by atoms with Crippen molar-refractivity contribution in [2.24, 2.45) is 0 Å². The predicted octanol–water partition coefficient (Wildman–Crippen LogP) is 2.92. The molecule has 0 radical (unpaired) electrons. The largest absolute Gasteiger partial charge is 0.504 e. The Balaban J connectivity index is 2.24. The number of carbonyl (C=O) groups excluding carboxylic acids is 1. The molecular weight excluding hydrogens is 216 g/mol. The lowest BCUT2D eigenvalue weighted by Crippen LogP contribution is -2.10. The van der Waals surface area contributed by atoms with E-state index < -0.39 is 5.97 Å².